The molecule has 1 aliphatic heterocycles. The Labute approximate surface area is 187 Å². The highest BCUT2D eigenvalue weighted by molar-refractivity contribution is 5.81. The van der Waals surface area contributed by atoms with E-state index in [1.165, 1.54) is 0 Å². The Bertz CT molecular complexity index is 1320. The Hall–Kier alpha value is -3.88. The molecule has 0 aliphatic carbocycles. The minimum atomic E-state index is -0.866. The van der Waals surface area contributed by atoms with E-state index in [4.69, 9.17) is 14.2 Å². The number of halogens is 3. The van der Waals surface area contributed by atoms with Crippen LogP contribution in [0.5, 0.6) is 17.2 Å². The fourth-order valence-corrected chi connectivity index (χ4v) is 3.82. The molecule has 3 heterocycles. The van der Waals surface area contributed by atoms with Crippen molar-refractivity contribution in [3.63, 3.8) is 0 Å². The van der Waals surface area contributed by atoms with Gasteiger partial charge < -0.3 is 19.5 Å². The average Bonchev–Trinajstić information content (AvgIpc) is 3.16. The van der Waals surface area contributed by atoms with Crippen LogP contribution in [-0.4, -0.2) is 35.9 Å². The van der Waals surface area contributed by atoms with Crippen LogP contribution in [0.4, 0.5) is 24.7 Å². The van der Waals surface area contributed by atoms with E-state index >= 15 is 8.78 Å². The van der Waals surface area contributed by atoms with Gasteiger partial charge in [0.25, 0.3) is 0 Å². The summed E-state index contributed by atoms with van der Waals surface area (Å²) >= 11 is 0. The van der Waals surface area contributed by atoms with E-state index in [1.807, 2.05) is 19.1 Å². The summed E-state index contributed by atoms with van der Waals surface area (Å²) in [5.41, 5.74) is 1.74. The summed E-state index contributed by atoms with van der Waals surface area (Å²) in [5.74, 6) is -0.236. The van der Waals surface area contributed by atoms with Gasteiger partial charge in [-0.25, -0.2) is 18.2 Å². The van der Waals surface area contributed by atoms with Crippen molar-refractivity contribution in [1.29, 1.82) is 0 Å². The van der Waals surface area contributed by atoms with Crippen molar-refractivity contribution in [3.05, 3.63) is 65.9 Å². The van der Waals surface area contributed by atoms with Crippen LogP contribution in [-0.2, 0) is 0 Å². The van der Waals surface area contributed by atoms with Crippen LogP contribution in [0.1, 0.15) is 5.69 Å². The van der Waals surface area contributed by atoms with E-state index < -0.39 is 18.3 Å². The van der Waals surface area contributed by atoms with Crippen molar-refractivity contribution in [3.8, 4) is 28.5 Å². The fraction of sp³-hybridized carbons (Fsp3) is 0.208. The molecule has 0 spiro atoms. The van der Waals surface area contributed by atoms with Gasteiger partial charge in [-0.3, -0.25) is 4.40 Å². The number of nitrogens with one attached hydrogen (secondary N) is 1. The molecule has 2 aromatic heterocycles. The van der Waals surface area contributed by atoms with Gasteiger partial charge in [0.1, 0.15) is 61.0 Å². The summed E-state index contributed by atoms with van der Waals surface area (Å²) in [6.45, 7) is 1.72. The maximum absolute atomic E-state index is 15.1. The van der Waals surface area contributed by atoms with Gasteiger partial charge in [-0.05, 0) is 31.2 Å². The van der Waals surface area contributed by atoms with Crippen LogP contribution in [0.3, 0.4) is 0 Å². The van der Waals surface area contributed by atoms with Gasteiger partial charge in [0.15, 0.2) is 11.5 Å². The first-order valence-electron chi connectivity index (χ1n) is 10.4. The SMILES string of the molecule is Cc1cccc2nc(-c3c(F)cc(OCCF)cc3F)c(Nc3ccc4c(c3)OCCO4)n12. The third kappa shape index (κ3) is 3.90. The van der Waals surface area contributed by atoms with E-state index in [-0.39, 0.29) is 23.6 Å². The van der Waals surface area contributed by atoms with Crippen LogP contribution in [0.2, 0.25) is 0 Å². The molecule has 2 aromatic carbocycles. The van der Waals surface area contributed by atoms with E-state index in [0.717, 1.165) is 17.8 Å². The maximum atomic E-state index is 15.1. The first-order valence-corrected chi connectivity index (χ1v) is 10.4. The molecule has 1 aliphatic rings. The Morgan fingerprint density at radius 1 is 1.03 bits per heavy atom. The maximum Gasteiger partial charge on any atom is 0.163 e. The molecule has 1 N–H and O–H groups in total. The van der Waals surface area contributed by atoms with E-state index in [2.05, 4.69) is 10.3 Å². The molecule has 0 bridgehead atoms. The number of rotatable bonds is 6. The molecule has 33 heavy (non-hydrogen) atoms. The summed E-state index contributed by atoms with van der Waals surface area (Å²) in [5, 5.41) is 3.24. The van der Waals surface area contributed by atoms with Gasteiger partial charge in [-0.2, -0.15) is 0 Å². The fourth-order valence-electron chi connectivity index (χ4n) is 3.82. The smallest absolute Gasteiger partial charge is 0.163 e. The molecule has 0 amide bonds. The van der Waals surface area contributed by atoms with Gasteiger partial charge in [-0.1, -0.05) is 6.07 Å². The van der Waals surface area contributed by atoms with Crippen molar-refractivity contribution in [2.75, 3.05) is 31.8 Å². The molecule has 0 saturated carbocycles. The largest absolute Gasteiger partial charge is 0.491 e. The second-order valence-electron chi connectivity index (χ2n) is 7.45. The minimum absolute atomic E-state index is 0.0891. The number of fused-ring (bicyclic) bond motifs is 2. The average molecular weight is 455 g/mol. The normalized spacial score (nSPS) is 12.7. The summed E-state index contributed by atoms with van der Waals surface area (Å²) in [6.07, 6.45) is 0. The Morgan fingerprint density at radius 2 is 1.79 bits per heavy atom. The molecule has 170 valence electrons. The third-order valence-corrected chi connectivity index (χ3v) is 5.24. The van der Waals surface area contributed by atoms with Crippen LogP contribution in [0, 0.1) is 18.6 Å². The molecule has 4 aromatic rings. The molecule has 6 nitrogen and oxygen atoms in total. The zero-order chi connectivity index (χ0) is 22.9. The molecule has 0 unspecified atom stereocenters. The molecule has 9 heteroatoms. The van der Waals surface area contributed by atoms with Gasteiger partial charge in [0.05, 0.1) is 5.56 Å². The molecular weight excluding hydrogens is 435 g/mol. The molecule has 5 rings (SSSR count). The lowest BCUT2D eigenvalue weighted by Crippen LogP contribution is -2.15. The van der Waals surface area contributed by atoms with Gasteiger partial charge >= 0.3 is 0 Å². The molecule has 0 radical (unpaired) electrons. The van der Waals surface area contributed by atoms with Crippen molar-refractivity contribution in [2.24, 2.45) is 0 Å². The quantitative estimate of drug-likeness (QED) is 0.419. The zero-order valence-electron chi connectivity index (χ0n) is 17.7. The highest BCUT2D eigenvalue weighted by atomic mass is 19.1. The molecular formula is C24H20F3N3O3. The lowest BCUT2D eigenvalue weighted by Gasteiger charge is -2.19. The number of hydrogen-bond acceptors (Lipinski definition) is 5. The third-order valence-electron chi connectivity index (χ3n) is 5.24. The van der Waals surface area contributed by atoms with Crippen LogP contribution in [0.15, 0.2) is 48.5 Å². The van der Waals surface area contributed by atoms with E-state index in [9.17, 15) is 4.39 Å². The number of anilines is 2. The van der Waals surface area contributed by atoms with Crippen molar-refractivity contribution >= 4 is 17.2 Å². The van der Waals surface area contributed by atoms with Gasteiger partial charge in [-0.15, -0.1) is 0 Å². The number of pyridine rings is 1. The molecule has 0 atom stereocenters. The molecule has 0 fully saturated rings. The summed E-state index contributed by atoms with van der Waals surface area (Å²) in [4.78, 5) is 4.50. The number of ether oxygens (including phenoxy) is 3. The second kappa shape index (κ2) is 8.57. The Kier molecular flexibility index (Phi) is 5.45. The number of aryl methyl sites for hydroxylation is 1. The minimum Gasteiger partial charge on any atom is -0.491 e. The topological polar surface area (TPSA) is 57.0 Å². The standard InChI is InChI=1S/C24H20F3N3O3/c1-14-3-2-4-21-29-23(22-17(26)12-16(13-18(22)27)31-8-7-25)24(30(14)21)28-15-5-6-19-20(11-15)33-10-9-32-19/h2-6,11-13,28H,7-10H2,1H3. The number of aromatic nitrogens is 2. The lowest BCUT2D eigenvalue weighted by atomic mass is 10.1. The molecule has 0 saturated heterocycles. The summed E-state index contributed by atoms with van der Waals surface area (Å²) in [7, 11) is 0. The predicted molar refractivity (Wildman–Crippen MR) is 117 cm³/mol. The summed E-state index contributed by atoms with van der Waals surface area (Å²) in [6, 6.07) is 12.8. The number of nitrogens with zero attached hydrogens (tertiary/aromatic N) is 2. The van der Waals surface area contributed by atoms with Crippen molar-refractivity contribution in [2.45, 2.75) is 6.92 Å². The monoisotopic (exact) mass is 455 g/mol. The van der Waals surface area contributed by atoms with Crippen molar-refractivity contribution in [1.82, 2.24) is 9.38 Å². The number of imidazole rings is 1. The number of benzene rings is 2. The first kappa shape index (κ1) is 21.0. The van der Waals surface area contributed by atoms with Crippen molar-refractivity contribution < 1.29 is 27.4 Å². The Morgan fingerprint density at radius 3 is 2.55 bits per heavy atom. The van der Waals surface area contributed by atoms with E-state index in [1.54, 1.807) is 28.7 Å². The van der Waals surface area contributed by atoms with Crippen LogP contribution >= 0.6 is 0 Å². The highest BCUT2D eigenvalue weighted by Crippen LogP contribution is 2.39. The van der Waals surface area contributed by atoms with Gasteiger partial charge in [0.2, 0.25) is 0 Å². The zero-order valence-corrected chi connectivity index (χ0v) is 17.7. The number of hydrogen-bond donors (Lipinski definition) is 1. The highest BCUT2D eigenvalue weighted by Gasteiger charge is 2.23. The summed E-state index contributed by atoms with van der Waals surface area (Å²) < 4.78 is 60.6. The second-order valence-corrected chi connectivity index (χ2v) is 7.45. The number of alkyl halides is 1. The predicted octanol–water partition coefficient (Wildman–Crippen LogP) is 5.45. The van der Waals surface area contributed by atoms with Gasteiger partial charge in [0, 0.05) is 29.6 Å². The van der Waals surface area contributed by atoms with Crippen LogP contribution < -0.4 is 19.5 Å². The Balaban J connectivity index is 1.64. The first-order chi connectivity index (χ1) is 16.0. The van der Waals surface area contributed by atoms with E-state index in [0.29, 0.717) is 41.9 Å². The lowest BCUT2D eigenvalue weighted by molar-refractivity contribution is 0.171. The van der Waals surface area contributed by atoms with Crippen LogP contribution in [0.25, 0.3) is 16.9 Å².